The number of hydrogen-bond donors (Lipinski definition) is 1. The first kappa shape index (κ1) is 17.6. The minimum Gasteiger partial charge on any atom is -0.348 e. The molecular formula is C20H20N4O2S. The van der Waals surface area contributed by atoms with Crippen molar-refractivity contribution in [2.45, 2.75) is 32.7 Å². The largest absolute Gasteiger partial charge is 0.348 e. The van der Waals surface area contributed by atoms with Gasteiger partial charge in [0.15, 0.2) is 0 Å². The van der Waals surface area contributed by atoms with Crippen molar-refractivity contribution in [1.29, 1.82) is 0 Å². The zero-order valence-corrected chi connectivity index (χ0v) is 15.9. The van der Waals surface area contributed by atoms with Crippen molar-refractivity contribution in [3.63, 3.8) is 0 Å². The Morgan fingerprint density at radius 1 is 1.30 bits per heavy atom. The number of nitrogens with one attached hydrogen (secondary N) is 1. The van der Waals surface area contributed by atoms with Crippen LogP contribution in [0.5, 0.6) is 0 Å². The molecule has 0 atom stereocenters. The lowest BCUT2D eigenvalue weighted by Gasteiger charge is -2.16. The molecule has 0 bridgehead atoms. The average molecular weight is 380 g/mol. The molecule has 138 valence electrons. The number of benzene rings is 1. The quantitative estimate of drug-likeness (QED) is 0.737. The van der Waals surface area contributed by atoms with Crippen LogP contribution in [0.1, 0.15) is 40.7 Å². The zero-order valence-electron chi connectivity index (χ0n) is 15.1. The molecule has 1 aromatic carbocycles. The standard InChI is InChI=1S/C20H20N4O2S/c1-2-18-23-16-6-5-14(9-17(16)27-18)20(26)22-11-13-8-15(12-21-10-13)24-7-3-4-19(24)25/h5-6,8-10,12H,2-4,7,11H2,1H3,(H,22,26). The first-order valence-corrected chi connectivity index (χ1v) is 9.87. The molecule has 1 aliphatic rings. The third-order valence-corrected chi connectivity index (χ3v) is 5.78. The number of nitrogens with zero attached hydrogens (tertiary/aromatic N) is 3. The molecule has 3 heterocycles. The minimum atomic E-state index is -0.133. The van der Waals surface area contributed by atoms with Gasteiger partial charge in [-0.1, -0.05) is 6.92 Å². The van der Waals surface area contributed by atoms with E-state index in [2.05, 4.69) is 22.2 Å². The SMILES string of the molecule is CCc1nc2ccc(C(=O)NCc3cncc(N4CCCC4=O)c3)cc2s1. The van der Waals surface area contributed by atoms with E-state index in [4.69, 9.17) is 0 Å². The predicted molar refractivity (Wildman–Crippen MR) is 106 cm³/mol. The number of aromatic nitrogens is 2. The van der Waals surface area contributed by atoms with Gasteiger partial charge >= 0.3 is 0 Å². The zero-order chi connectivity index (χ0) is 18.8. The molecule has 6 nitrogen and oxygen atoms in total. The normalized spacial score (nSPS) is 14.1. The second-order valence-electron chi connectivity index (χ2n) is 6.53. The van der Waals surface area contributed by atoms with Crippen LogP contribution in [-0.4, -0.2) is 28.3 Å². The van der Waals surface area contributed by atoms with Crippen LogP contribution in [0.3, 0.4) is 0 Å². The molecule has 27 heavy (non-hydrogen) atoms. The summed E-state index contributed by atoms with van der Waals surface area (Å²) >= 11 is 1.62. The summed E-state index contributed by atoms with van der Waals surface area (Å²) in [5.74, 6) is -0.00621. The molecule has 0 radical (unpaired) electrons. The Balaban J connectivity index is 1.45. The Morgan fingerprint density at radius 3 is 2.96 bits per heavy atom. The fourth-order valence-corrected chi connectivity index (χ4v) is 4.13. The molecule has 7 heteroatoms. The van der Waals surface area contributed by atoms with Gasteiger partial charge in [0.2, 0.25) is 5.91 Å². The number of carbonyl (C=O) groups is 2. The fourth-order valence-electron chi connectivity index (χ4n) is 3.19. The van der Waals surface area contributed by atoms with Gasteiger partial charge in [-0.15, -0.1) is 11.3 Å². The number of fused-ring (bicyclic) bond motifs is 1. The summed E-state index contributed by atoms with van der Waals surface area (Å²) in [6, 6.07) is 7.49. The van der Waals surface area contributed by atoms with Crippen LogP contribution in [0.4, 0.5) is 5.69 Å². The van der Waals surface area contributed by atoms with Crippen molar-refractivity contribution < 1.29 is 9.59 Å². The van der Waals surface area contributed by atoms with E-state index in [0.717, 1.165) is 45.9 Å². The number of thiazole rings is 1. The first-order chi connectivity index (χ1) is 13.1. The maximum absolute atomic E-state index is 12.5. The van der Waals surface area contributed by atoms with Gasteiger partial charge in [-0.05, 0) is 42.7 Å². The Bertz CT molecular complexity index is 1010. The summed E-state index contributed by atoms with van der Waals surface area (Å²) in [5.41, 5.74) is 3.21. The highest BCUT2D eigenvalue weighted by atomic mass is 32.1. The van der Waals surface area contributed by atoms with Crippen LogP contribution >= 0.6 is 11.3 Å². The molecule has 1 N–H and O–H groups in total. The molecule has 0 spiro atoms. The van der Waals surface area contributed by atoms with E-state index >= 15 is 0 Å². The third kappa shape index (κ3) is 3.68. The number of amides is 2. The number of pyridine rings is 1. The molecule has 0 saturated carbocycles. The van der Waals surface area contributed by atoms with E-state index in [1.165, 1.54) is 0 Å². The highest BCUT2D eigenvalue weighted by molar-refractivity contribution is 7.18. The van der Waals surface area contributed by atoms with Gasteiger partial charge in [0.1, 0.15) is 0 Å². The number of anilines is 1. The van der Waals surface area contributed by atoms with E-state index in [-0.39, 0.29) is 11.8 Å². The third-order valence-electron chi connectivity index (χ3n) is 4.62. The Kier molecular flexibility index (Phi) is 4.85. The molecule has 2 aromatic heterocycles. The second kappa shape index (κ2) is 7.44. The maximum Gasteiger partial charge on any atom is 0.251 e. The van der Waals surface area contributed by atoms with Gasteiger partial charge in [0.05, 0.1) is 27.1 Å². The van der Waals surface area contributed by atoms with Crippen LogP contribution in [-0.2, 0) is 17.8 Å². The second-order valence-corrected chi connectivity index (χ2v) is 7.64. The van der Waals surface area contributed by atoms with Crippen LogP contribution in [0.2, 0.25) is 0 Å². The van der Waals surface area contributed by atoms with E-state index in [9.17, 15) is 9.59 Å². The number of carbonyl (C=O) groups excluding carboxylic acids is 2. The summed E-state index contributed by atoms with van der Waals surface area (Å²) in [6.07, 6.45) is 5.76. The average Bonchev–Trinajstić information content (AvgIpc) is 3.31. The van der Waals surface area contributed by atoms with E-state index in [1.54, 1.807) is 34.7 Å². The van der Waals surface area contributed by atoms with Crippen molar-refractivity contribution in [2.24, 2.45) is 0 Å². The van der Waals surface area contributed by atoms with Gasteiger partial charge in [-0.2, -0.15) is 0 Å². The molecular weight excluding hydrogens is 360 g/mol. The first-order valence-electron chi connectivity index (χ1n) is 9.06. The smallest absolute Gasteiger partial charge is 0.251 e. The summed E-state index contributed by atoms with van der Waals surface area (Å²) in [7, 11) is 0. The molecule has 2 amide bonds. The Labute approximate surface area is 161 Å². The lowest BCUT2D eigenvalue weighted by molar-refractivity contribution is -0.117. The molecule has 1 saturated heterocycles. The topological polar surface area (TPSA) is 75.2 Å². The molecule has 3 aromatic rings. The van der Waals surface area contributed by atoms with Crippen LogP contribution < -0.4 is 10.2 Å². The lowest BCUT2D eigenvalue weighted by Crippen LogP contribution is -2.25. The van der Waals surface area contributed by atoms with Crippen molar-refractivity contribution in [3.8, 4) is 0 Å². The van der Waals surface area contributed by atoms with Gasteiger partial charge in [0, 0.05) is 31.3 Å². The minimum absolute atomic E-state index is 0.127. The molecule has 0 unspecified atom stereocenters. The maximum atomic E-state index is 12.5. The van der Waals surface area contributed by atoms with E-state index in [1.807, 2.05) is 18.2 Å². The lowest BCUT2D eigenvalue weighted by atomic mass is 10.2. The van der Waals surface area contributed by atoms with Crippen LogP contribution in [0.15, 0.2) is 36.7 Å². The van der Waals surface area contributed by atoms with Crippen molar-refractivity contribution in [2.75, 3.05) is 11.4 Å². The Morgan fingerprint density at radius 2 is 2.19 bits per heavy atom. The van der Waals surface area contributed by atoms with Gasteiger partial charge < -0.3 is 10.2 Å². The van der Waals surface area contributed by atoms with Crippen LogP contribution in [0, 0.1) is 0 Å². The summed E-state index contributed by atoms with van der Waals surface area (Å²) in [5, 5.41) is 4.00. The van der Waals surface area contributed by atoms with Gasteiger partial charge in [-0.25, -0.2) is 4.98 Å². The van der Waals surface area contributed by atoms with Crippen molar-refractivity contribution in [3.05, 3.63) is 52.8 Å². The summed E-state index contributed by atoms with van der Waals surface area (Å²) in [4.78, 5) is 34.9. The monoisotopic (exact) mass is 380 g/mol. The molecule has 1 fully saturated rings. The Hall–Kier alpha value is -2.80. The van der Waals surface area contributed by atoms with Crippen LogP contribution in [0.25, 0.3) is 10.2 Å². The van der Waals surface area contributed by atoms with Gasteiger partial charge in [-0.3, -0.25) is 14.6 Å². The fraction of sp³-hybridized carbons (Fsp3) is 0.300. The number of aryl methyl sites for hydroxylation is 1. The van der Waals surface area contributed by atoms with Crippen molar-refractivity contribution in [1.82, 2.24) is 15.3 Å². The highest BCUT2D eigenvalue weighted by Crippen LogP contribution is 2.24. The van der Waals surface area contributed by atoms with Gasteiger partial charge in [0.25, 0.3) is 5.91 Å². The number of hydrogen-bond acceptors (Lipinski definition) is 5. The number of rotatable bonds is 5. The van der Waals surface area contributed by atoms with Crippen molar-refractivity contribution >= 4 is 39.1 Å². The predicted octanol–water partition coefficient (Wildman–Crippen LogP) is 3.31. The van der Waals surface area contributed by atoms with E-state index < -0.39 is 0 Å². The highest BCUT2D eigenvalue weighted by Gasteiger charge is 2.22. The molecule has 1 aliphatic heterocycles. The summed E-state index contributed by atoms with van der Waals surface area (Å²) < 4.78 is 1.02. The molecule has 0 aliphatic carbocycles. The summed E-state index contributed by atoms with van der Waals surface area (Å²) in [6.45, 7) is 3.16. The molecule has 4 rings (SSSR count). The van der Waals surface area contributed by atoms with E-state index in [0.29, 0.717) is 18.5 Å².